The molecule has 2 unspecified atom stereocenters. The molecule has 0 bridgehead atoms. The summed E-state index contributed by atoms with van der Waals surface area (Å²) in [7, 11) is 0. The van der Waals surface area contributed by atoms with Gasteiger partial charge in [0, 0.05) is 30.8 Å². The summed E-state index contributed by atoms with van der Waals surface area (Å²) in [5.74, 6) is 1.73. The summed E-state index contributed by atoms with van der Waals surface area (Å²) in [6.45, 7) is 0.500. The molecule has 4 rings (SSSR count). The van der Waals surface area contributed by atoms with Crippen LogP contribution in [0.5, 0.6) is 0 Å². The number of likely N-dealkylation sites (tertiary alicyclic amines) is 1. The summed E-state index contributed by atoms with van der Waals surface area (Å²) in [6, 6.07) is 3.67. The van der Waals surface area contributed by atoms with E-state index < -0.39 is 6.67 Å². The van der Waals surface area contributed by atoms with E-state index in [0.717, 1.165) is 24.5 Å². The molecular weight excluding hydrogens is 303 g/mol. The SMILES string of the molecule is O=C(c1cccs1)N1CC(CF)C(c2nc(C3CC3)n[nH]2)C1. The molecule has 2 fully saturated rings. The van der Waals surface area contributed by atoms with Crippen molar-refractivity contribution in [2.24, 2.45) is 5.92 Å². The molecule has 22 heavy (non-hydrogen) atoms. The van der Waals surface area contributed by atoms with Crippen LogP contribution in [0.3, 0.4) is 0 Å². The van der Waals surface area contributed by atoms with Crippen LogP contribution in [0.25, 0.3) is 0 Å². The van der Waals surface area contributed by atoms with Gasteiger partial charge in [0.2, 0.25) is 0 Å². The molecule has 1 saturated carbocycles. The van der Waals surface area contributed by atoms with Crippen LogP contribution in [0.15, 0.2) is 17.5 Å². The zero-order valence-electron chi connectivity index (χ0n) is 12.0. The van der Waals surface area contributed by atoms with E-state index >= 15 is 0 Å². The predicted octanol–water partition coefficient (Wildman–Crippen LogP) is 2.57. The van der Waals surface area contributed by atoms with Crippen molar-refractivity contribution in [1.29, 1.82) is 0 Å². The lowest BCUT2D eigenvalue weighted by Gasteiger charge is -2.14. The van der Waals surface area contributed by atoms with Crippen LogP contribution >= 0.6 is 11.3 Å². The number of thiophene rings is 1. The number of alkyl halides is 1. The summed E-state index contributed by atoms with van der Waals surface area (Å²) in [4.78, 5) is 19.4. The van der Waals surface area contributed by atoms with Gasteiger partial charge in [-0.1, -0.05) is 6.07 Å². The van der Waals surface area contributed by atoms with Gasteiger partial charge in [-0.25, -0.2) is 4.98 Å². The maximum atomic E-state index is 13.4. The summed E-state index contributed by atoms with van der Waals surface area (Å²) < 4.78 is 13.4. The van der Waals surface area contributed by atoms with E-state index in [0.29, 0.717) is 23.9 Å². The second kappa shape index (κ2) is 5.46. The van der Waals surface area contributed by atoms with Crippen molar-refractivity contribution in [3.63, 3.8) is 0 Å². The number of H-pyrrole nitrogens is 1. The fraction of sp³-hybridized carbons (Fsp3) is 0.533. The molecule has 2 aliphatic rings. The van der Waals surface area contributed by atoms with Crippen LogP contribution in [0.4, 0.5) is 4.39 Å². The molecule has 1 saturated heterocycles. The van der Waals surface area contributed by atoms with Gasteiger partial charge in [0.15, 0.2) is 5.82 Å². The highest BCUT2D eigenvalue weighted by molar-refractivity contribution is 7.12. The third-order valence-electron chi connectivity index (χ3n) is 4.47. The first-order valence-electron chi connectivity index (χ1n) is 7.57. The van der Waals surface area contributed by atoms with Crippen molar-refractivity contribution in [3.8, 4) is 0 Å². The van der Waals surface area contributed by atoms with Crippen LogP contribution < -0.4 is 0 Å². The van der Waals surface area contributed by atoms with Crippen molar-refractivity contribution >= 4 is 17.2 Å². The molecule has 5 nitrogen and oxygen atoms in total. The first-order chi connectivity index (χ1) is 10.8. The van der Waals surface area contributed by atoms with Crippen molar-refractivity contribution in [1.82, 2.24) is 20.1 Å². The largest absolute Gasteiger partial charge is 0.337 e. The Labute approximate surface area is 131 Å². The first kappa shape index (κ1) is 13.9. The predicted molar refractivity (Wildman–Crippen MR) is 80.8 cm³/mol. The van der Waals surface area contributed by atoms with Crippen molar-refractivity contribution in [2.45, 2.75) is 24.7 Å². The first-order valence-corrected chi connectivity index (χ1v) is 8.45. The number of aromatic amines is 1. The topological polar surface area (TPSA) is 61.9 Å². The molecule has 1 N–H and O–H groups in total. The van der Waals surface area contributed by atoms with Crippen molar-refractivity contribution in [2.75, 3.05) is 19.8 Å². The summed E-state index contributed by atoms with van der Waals surface area (Å²) in [5.41, 5.74) is 0. The fourth-order valence-electron chi connectivity index (χ4n) is 3.04. The van der Waals surface area contributed by atoms with Gasteiger partial charge in [0.1, 0.15) is 5.82 Å². The van der Waals surface area contributed by atoms with Crippen molar-refractivity contribution < 1.29 is 9.18 Å². The average Bonchev–Trinajstić information content (AvgIpc) is 3.02. The molecule has 2 aromatic rings. The second-order valence-corrected chi connectivity index (χ2v) is 7.01. The highest BCUT2D eigenvalue weighted by Crippen LogP contribution is 2.39. The normalized spacial score (nSPS) is 24.9. The number of amides is 1. The lowest BCUT2D eigenvalue weighted by molar-refractivity contribution is 0.0789. The van der Waals surface area contributed by atoms with E-state index in [2.05, 4.69) is 15.2 Å². The van der Waals surface area contributed by atoms with E-state index in [1.807, 2.05) is 17.5 Å². The Morgan fingerprint density at radius 1 is 1.45 bits per heavy atom. The second-order valence-electron chi connectivity index (χ2n) is 6.06. The minimum atomic E-state index is -0.446. The molecular formula is C15H17FN4OS. The van der Waals surface area contributed by atoms with Gasteiger partial charge in [0.25, 0.3) is 5.91 Å². The molecule has 0 radical (unpaired) electrons. The average molecular weight is 320 g/mol. The fourth-order valence-corrected chi connectivity index (χ4v) is 3.73. The molecule has 1 amide bonds. The minimum absolute atomic E-state index is 0.0159. The molecule has 7 heteroatoms. The molecule has 3 heterocycles. The molecule has 0 spiro atoms. The zero-order valence-corrected chi connectivity index (χ0v) is 12.9. The summed E-state index contributed by atoms with van der Waals surface area (Å²) in [5, 5.41) is 9.10. The molecule has 1 aliphatic heterocycles. The van der Waals surface area contributed by atoms with E-state index in [4.69, 9.17) is 0 Å². The van der Waals surface area contributed by atoms with Crippen molar-refractivity contribution in [3.05, 3.63) is 34.0 Å². The molecule has 2 aromatic heterocycles. The third kappa shape index (κ3) is 2.43. The smallest absolute Gasteiger partial charge is 0.263 e. The quantitative estimate of drug-likeness (QED) is 0.942. The lowest BCUT2D eigenvalue weighted by Crippen LogP contribution is -2.28. The van der Waals surface area contributed by atoms with Gasteiger partial charge in [-0.05, 0) is 24.3 Å². The van der Waals surface area contributed by atoms with Gasteiger partial charge >= 0.3 is 0 Å². The molecule has 1 aliphatic carbocycles. The number of aromatic nitrogens is 3. The molecule has 116 valence electrons. The number of nitrogens with zero attached hydrogens (tertiary/aromatic N) is 3. The number of halogens is 1. The Bertz CT molecular complexity index is 667. The Hall–Kier alpha value is -1.76. The van der Waals surface area contributed by atoms with Gasteiger partial charge < -0.3 is 4.90 Å². The summed E-state index contributed by atoms with van der Waals surface area (Å²) in [6.07, 6.45) is 2.27. The number of hydrogen-bond acceptors (Lipinski definition) is 4. The maximum absolute atomic E-state index is 13.4. The number of hydrogen-bond donors (Lipinski definition) is 1. The van der Waals surface area contributed by atoms with E-state index in [-0.39, 0.29) is 17.7 Å². The van der Waals surface area contributed by atoms with Gasteiger partial charge in [-0.3, -0.25) is 14.3 Å². The number of rotatable bonds is 4. The highest BCUT2D eigenvalue weighted by Gasteiger charge is 2.39. The van der Waals surface area contributed by atoms with Crippen LogP contribution in [-0.2, 0) is 0 Å². The Morgan fingerprint density at radius 2 is 2.32 bits per heavy atom. The van der Waals surface area contributed by atoms with Gasteiger partial charge in [-0.2, -0.15) is 5.10 Å². The van der Waals surface area contributed by atoms with Gasteiger partial charge in [0.05, 0.1) is 11.6 Å². The minimum Gasteiger partial charge on any atom is -0.337 e. The maximum Gasteiger partial charge on any atom is 0.263 e. The highest BCUT2D eigenvalue weighted by atomic mass is 32.1. The molecule has 0 aromatic carbocycles. The van der Waals surface area contributed by atoms with E-state index in [9.17, 15) is 9.18 Å². The van der Waals surface area contributed by atoms with Crippen LogP contribution in [0, 0.1) is 5.92 Å². The lowest BCUT2D eigenvalue weighted by atomic mass is 9.97. The van der Waals surface area contributed by atoms with E-state index in [1.165, 1.54) is 11.3 Å². The monoisotopic (exact) mass is 320 g/mol. The van der Waals surface area contributed by atoms with Gasteiger partial charge in [-0.15, -0.1) is 11.3 Å². The Balaban J connectivity index is 1.53. The molecule has 2 atom stereocenters. The van der Waals surface area contributed by atoms with Crippen LogP contribution in [0.1, 0.15) is 46.0 Å². The number of nitrogens with one attached hydrogen (secondary N) is 1. The third-order valence-corrected chi connectivity index (χ3v) is 5.33. The Kier molecular flexibility index (Phi) is 3.44. The van der Waals surface area contributed by atoms with Crippen LogP contribution in [-0.4, -0.2) is 45.8 Å². The number of carbonyl (C=O) groups excluding carboxylic acids is 1. The Morgan fingerprint density at radius 3 is 3.00 bits per heavy atom. The summed E-state index contributed by atoms with van der Waals surface area (Å²) >= 11 is 1.42. The zero-order chi connectivity index (χ0) is 15.1. The van der Waals surface area contributed by atoms with Crippen LogP contribution in [0.2, 0.25) is 0 Å². The van der Waals surface area contributed by atoms with E-state index in [1.54, 1.807) is 4.90 Å². The number of carbonyl (C=O) groups is 1. The standard InChI is InChI=1S/C15H17FN4OS/c16-6-10-7-20(15(21)12-2-1-5-22-12)8-11(10)14-17-13(18-19-14)9-3-4-9/h1-2,5,9-11H,3-4,6-8H2,(H,17,18,19).